The first-order chi connectivity index (χ1) is 7.68. The van der Waals surface area contributed by atoms with E-state index in [0.29, 0.717) is 0 Å². The van der Waals surface area contributed by atoms with Crippen LogP contribution in [0.25, 0.3) is 0 Å². The maximum atomic E-state index is 12.0. The van der Waals surface area contributed by atoms with Crippen molar-refractivity contribution in [2.24, 2.45) is 0 Å². The highest BCUT2D eigenvalue weighted by Gasteiger charge is 2.44. The van der Waals surface area contributed by atoms with Gasteiger partial charge in [0.15, 0.2) is 5.49 Å². The zero-order valence-corrected chi connectivity index (χ0v) is 11.5. The van der Waals surface area contributed by atoms with Crippen LogP contribution in [0.2, 0.25) is 0 Å². The summed E-state index contributed by atoms with van der Waals surface area (Å²) < 4.78 is 60.8. The lowest BCUT2D eigenvalue weighted by Gasteiger charge is -2.20. The number of nitrogens with one attached hydrogen (secondary N) is 1. The monoisotopic (exact) mass is 292 g/mol. The van der Waals surface area contributed by atoms with Crippen LogP contribution in [0, 0.1) is 0 Å². The number of rotatable bonds is 5. The van der Waals surface area contributed by atoms with Gasteiger partial charge in [-0.05, 0) is 19.8 Å². The summed E-state index contributed by atoms with van der Waals surface area (Å²) >= 11 is 0. The maximum Gasteiger partial charge on any atom is 0.402 e. The molecular formula is C9H18F3NO2PS+. The normalized spacial score (nSPS) is 20.7. The van der Waals surface area contributed by atoms with Crippen LogP contribution in [0.3, 0.4) is 0 Å². The van der Waals surface area contributed by atoms with Gasteiger partial charge in [-0.15, -0.1) is 0 Å². The van der Waals surface area contributed by atoms with Crippen LogP contribution in [0.1, 0.15) is 19.8 Å². The van der Waals surface area contributed by atoms with Crippen LogP contribution in [-0.4, -0.2) is 45.1 Å². The Morgan fingerprint density at radius 1 is 1.24 bits per heavy atom. The predicted octanol–water partition coefficient (Wildman–Crippen LogP) is 2.26. The van der Waals surface area contributed by atoms with Gasteiger partial charge in [0.05, 0.1) is 18.5 Å². The lowest BCUT2D eigenvalue weighted by atomic mass is 10.4. The van der Waals surface area contributed by atoms with Crippen molar-refractivity contribution in [2.75, 3.05) is 30.5 Å². The highest BCUT2D eigenvalue weighted by Crippen LogP contribution is 2.63. The third kappa shape index (κ3) is 5.10. The van der Waals surface area contributed by atoms with E-state index in [9.17, 15) is 21.6 Å². The number of alkyl halides is 3. The first-order valence-corrected chi connectivity index (χ1v) is 9.75. The van der Waals surface area contributed by atoms with E-state index in [1.165, 1.54) is 0 Å². The lowest BCUT2D eigenvalue weighted by molar-refractivity contribution is -0.121. The third-order valence-electron chi connectivity index (χ3n) is 3.12. The van der Waals surface area contributed by atoms with Crippen molar-refractivity contribution in [3.05, 3.63) is 0 Å². The van der Waals surface area contributed by atoms with Crippen LogP contribution in [0.15, 0.2) is 0 Å². The summed E-state index contributed by atoms with van der Waals surface area (Å²) in [5.74, 6) is 0. The fraction of sp³-hybridized carbons (Fsp3) is 1.00. The fourth-order valence-corrected chi connectivity index (χ4v) is 10.2. The van der Waals surface area contributed by atoms with Crippen molar-refractivity contribution in [2.45, 2.75) is 25.9 Å². The fourth-order valence-electron chi connectivity index (χ4n) is 2.14. The van der Waals surface area contributed by atoms with E-state index in [-0.39, 0.29) is 5.49 Å². The van der Waals surface area contributed by atoms with Gasteiger partial charge in [0.25, 0.3) is 0 Å². The molecule has 102 valence electrons. The highest BCUT2D eigenvalue weighted by atomic mass is 32.2. The van der Waals surface area contributed by atoms with Gasteiger partial charge in [0, 0.05) is 7.26 Å². The summed E-state index contributed by atoms with van der Waals surface area (Å²) in [7, 11) is -5.34. The molecule has 1 heterocycles. The summed E-state index contributed by atoms with van der Waals surface area (Å²) in [6, 6.07) is 0. The number of sulfonamides is 1. The second-order valence-electron chi connectivity index (χ2n) is 4.49. The Labute approximate surface area is 101 Å². The maximum absolute atomic E-state index is 12.0. The topological polar surface area (TPSA) is 46.2 Å². The largest absolute Gasteiger partial charge is 0.402 e. The summed E-state index contributed by atoms with van der Waals surface area (Å²) in [4.78, 5) is 0. The smallest absolute Gasteiger partial charge is 0.209 e. The van der Waals surface area contributed by atoms with Gasteiger partial charge < -0.3 is 0 Å². The van der Waals surface area contributed by atoms with Gasteiger partial charge in [0.1, 0.15) is 6.54 Å². The molecule has 0 aromatic heterocycles. The summed E-state index contributed by atoms with van der Waals surface area (Å²) in [6.07, 6.45) is 0.139. The SMILES string of the molecule is CC[P+]1(CS(=O)(=O)NCC(F)(F)F)CCCC1. The average molecular weight is 292 g/mol. The van der Waals surface area contributed by atoms with Crippen LogP contribution >= 0.6 is 7.26 Å². The van der Waals surface area contributed by atoms with Crippen LogP contribution < -0.4 is 4.72 Å². The Balaban J connectivity index is 2.59. The van der Waals surface area contributed by atoms with E-state index in [0.717, 1.165) is 31.3 Å². The molecule has 0 unspecified atom stereocenters. The molecular weight excluding hydrogens is 274 g/mol. The van der Waals surface area contributed by atoms with E-state index in [1.807, 2.05) is 6.92 Å². The minimum absolute atomic E-state index is 0.0768. The molecule has 1 aliphatic heterocycles. The molecule has 1 rings (SSSR count). The number of hydrogen-bond donors (Lipinski definition) is 1. The molecule has 1 fully saturated rings. The number of halogens is 3. The van der Waals surface area contributed by atoms with Crippen molar-refractivity contribution < 1.29 is 21.6 Å². The molecule has 0 aromatic carbocycles. The minimum Gasteiger partial charge on any atom is -0.209 e. The Morgan fingerprint density at radius 2 is 1.76 bits per heavy atom. The van der Waals surface area contributed by atoms with E-state index in [2.05, 4.69) is 0 Å². The molecule has 0 atom stereocenters. The van der Waals surface area contributed by atoms with Gasteiger partial charge in [0.2, 0.25) is 10.0 Å². The zero-order valence-electron chi connectivity index (χ0n) is 9.76. The Bertz CT molecular complexity index is 350. The zero-order chi connectivity index (χ0) is 13.2. The van der Waals surface area contributed by atoms with Gasteiger partial charge in [-0.1, -0.05) is 0 Å². The van der Waals surface area contributed by atoms with Gasteiger partial charge in [-0.25, -0.2) is 13.1 Å². The standard InChI is InChI=1S/C9H18F3NO2PS/c1-2-16(5-3-4-6-16)8-17(14,15)13-7-9(10,11)12/h13H,2-8H2,1H3/q+1. The third-order valence-corrected chi connectivity index (χ3v) is 11.1. The lowest BCUT2D eigenvalue weighted by Crippen LogP contribution is -2.36. The van der Waals surface area contributed by atoms with Crippen LogP contribution in [0.4, 0.5) is 13.2 Å². The molecule has 1 N–H and O–H groups in total. The van der Waals surface area contributed by atoms with E-state index >= 15 is 0 Å². The quantitative estimate of drug-likeness (QED) is 0.790. The van der Waals surface area contributed by atoms with Crippen molar-refractivity contribution in [3.63, 3.8) is 0 Å². The first kappa shape index (κ1) is 15.2. The molecule has 1 aliphatic rings. The predicted molar refractivity (Wildman–Crippen MR) is 64.3 cm³/mol. The van der Waals surface area contributed by atoms with E-state index in [1.54, 1.807) is 4.72 Å². The molecule has 17 heavy (non-hydrogen) atoms. The molecule has 0 bridgehead atoms. The molecule has 3 nitrogen and oxygen atoms in total. The van der Waals surface area contributed by atoms with Crippen LogP contribution in [0.5, 0.6) is 0 Å². The van der Waals surface area contributed by atoms with Gasteiger partial charge in [-0.3, -0.25) is 0 Å². The molecule has 0 amide bonds. The molecule has 0 spiro atoms. The van der Waals surface area contributed by atoms with Crippen molar-refractivity contribution in [1.82, 2.24) is 4.72 Å². The molecule has 1 saturated heterocycles. The summed E-state index contributed by atoms with van der Waals surface area (Å²) in [5.41, 5.74) is -0.0768. The highest BCUT2D eigenvalue weighted by molar-refractivity contribution is 8.00. The second kappa shape index (κ2) is 5.41. The van der Waals surface area contributed by atoms with Crippen LogP contribution in [-0.2, 0) is 10.0 Å². The van der Waals surface area contributed by atoms with Crippen molar-refractivity contribution in [1.29, 1.82) is 0 Å². The van der Waals surface area contributed by atoms with Crippen molar-refractivity contribution in [3.8, 4) is 0 Å². The molecule has 0 saturated carbocycles. The van der Waals surface area contributed by atoms with E-state index < -0.39 is 30.0 Å². The minimum atomic E-state index is -4.49. The second-order valence-corrected chi connectivity index (χ2v) is 11.3. The van der Waals surface area contributed by atoms with Crippen molar-refractivity contribution >= 4 is 17.3 Å². The number of hydrogen-bond acceptors (Lipinski definition) is 2. The average Bonchev–Trinajstić information content (AvgIpc) is 2.63. The Kier molecular flexibility index (Phi) is 4.83. The molecule has 8 heteroatoms. The Hall–Kier alpha value is 0.130. The van der Waals surface area contributed by atoms with Gasteiger partial charge >= 0.3 is 6.18 Å². The summed E-state index contributed by atoms with van der Waals surface area (Å²) in [6.45, 7) is 0.484. The van der Waals surface area contributed by atoms with Gasteiger partial charge in [-0.2, -0.15) is 13.2 Å². The first-order valence-electron chi connectivity index (χ1n) is 5.57. The summed E-state index contributed by atoms with van der Waals surface area (Å²) in [5, 5.41) is 0. The van der Waals surface area contributed by atoms with E-state index in [4.69, 9.17) is 0 Å². The molecule has 0 aliphatic carbocycles. The molecule has 0 radical (unpaired) electrons. The Morgan fingerprint density at radius 3 is 2.18 bits per heavy atom. The molecule has 0 aromatic rings.